The first kappa shape index (κ1) is 31.2. The first-order chi connectivity index (χ1) is 19.5. The summed E-state index contributed by atoms with van der Waals surface area (Å²) in [7, 11) is 0. The Bertz CT molecular complexity index is 1140. The molecule has 4 fully saturated rings. The summed E-state index contributed by atoms with van der Waals surface area (Å²) in [4.78, 5) is 42.4. The number of hydrogen-bond donors (Lipinski definition) is 0. The quantitative estimate of drug-likeness (QED) is 0.211. The molecule has 8 heteroatoms. The zero-order valence-electron chi connectivity index (χ0n) is 24.9. The Morgan fingerprint density at radius 1 is 1.00 bits per heavy atom. The number of fused-ring (bicyclic) bond motifs is 5. The Kier molecular flexibility index (Phi) is 9.43. The summed E-state index contributed by atoms with van der Waals surface area (Å²) in [5.41, 5.74) is 0.582. The highest BCUT2D eigenvalue weighted by Crippen LogP contribution is 2.68. The van der Waals surface area contributed by atoms with Crippen molar-refractivity contribution in [1.82, 2.24) is 0 Å². The molecule has 0 spiro atoms. The van der Waals surface area contributed by atoms with E-state index in [2.05, 4.69) is 43.0 Å². The second-order valence-electron chi connectivity index (χ2n) is 13.4. The van der Waals surface area contributed by atoms with E-state index in [0.717, 1.165) is 62.2 Å². The molecular weight excluding hydrogens is 577 g/mol. The van der Waals surface area contributed by atoms with Gasteiger partial charge in [0.15, 0.2) is 0 Å². The van der Waals surface area contributed by atoms with E-state index in [4.69, 9.17) is 27.9 Å². The highest BCUT2D eigenvalue weighted by atomic mass is 35.5. The molecule has 0 heterocycles. The lowest BCUT2D eigenvalue weighted by molar-refractivity contribution is -0.167. The van der Waals surface area contributed by atoms with E-state index in [1.165, 1.54) is 6.92 Å². The maximum absolute atomic E-state index is 14.2. The summed E-state index contributed by atoms with van der Waals surface area (Å²) in [6, 6.07) is 8.50. The Morgan fingerprint density at radius 3 is 2.29 bits per heavy atom. The number of esters is 1. The minimum Gasteiger partial charge on any atom is -0.463 e. The number of anilines is 1. The van der Waals surface area contributed by atoms with Gasteiger partial charge in [-0.1, -0.05) is 13.8 Å². The molecular formula is C33H45Cl2NO4S. The minimum atomic E-state index is -0.597. The van der Waals surface area contributed by atoms with Crippen LogP contribution < -0.4 is 4.90 Å². The number of carbonyl (C=O) groups is 3. The Labute approximate surface area is 259 Å². The van der Waals surface area contributed by atoms with Gasteiger partial charge in [-0.25, -0.2) is 0 Å². The molecule has 9 atom stereocenters. The number of ether oxygens (including phenoxy) is 1. The number of rotatable bonds is 9. The van der Waals surface area contributed by atoms with E-state index >= 15 is 0 Å². The fourth-order valence-electron chi connectivity index (χ4n) is 9.56. The van der Waals surface area contributed by atoms with Gasteiger partial charge in [-0.2, -0.15) is 0 Å². The number of carbonyl (C=O) groups excluding carboxylic acids is 3. The van der Waals surface area contributed by atoms with Crippen molar-refractivity contribution >= 4 is 58.2 Å². The molecule has 0 bridgehead atoms. The summed E-state index contributed by atoms with van der Waals surface area (Å²) in [6.07, 6.45) is 6.48. The highest BCUT2D eigenvalue weighted by molar-refractivity contribution is 8.00. The first-order valence-corrected chi connectivity index (χ1v) is 17.3. The van der Waals surface area contributed by atoms with Gasteiger partial charge >= 0.3 is 5.97 Å². The van der Waals surface area contributed by atoms with E-state index in [1.54, 1.807) is 18.7 Å². The van der Waals surface area contributed by atoms with Gasteiger partial charge in [-0.15, -0.1) is 35.0 Å². The predicted molar refractivity (Wildman–Crippen MR) is 167 cm³/mol. The van der Waals surface area contributed by atoms with Gasteiger partial charge in [-0.05, 0) is 98.8 Å². The predicted octanol–water partition coefficient (Wildman–Crippen LogP) is 7.40. The second-order valence-corrected chi connectivity index (χ2v) is 15.5. The fourth-order valence-corrected chi connectivity index (χ4v) is 11.5. The number of hydrogen-bond acceptors (Lipinski definition) is 6. The van der Waals surface area contributed by atoms with Gasteiger partial charge in [0.2, 0.25) is 0 Å². The number of thioether (sulfide) groups is 1. The topological polar surface area (TPSA) is 63.7 Å². The van der Waals surface area contributed by atoms with Crippen molar-refractivity contribution in [2.75, 3.05) is 29.7 Å². The number of benzene rings is 1. The third-order valence-corrected chi connectivity index (χ3v) is 13.1. The molecule has 1 aromatic rings. The van der Waals surface area contributed by atoms with Crippen molar-refractivity contribution < 1.29 is 19.1 Å². The van der Waals surface area contributed by atoms with Crippen LogP contribution in [0.4, 0.5) is 5.69 Å². The Morgan fingerprint density at radius 2 is 1.68 bits per heavy atom. The van der Waals surface area contributed by atoms with Gasteiger partial charge in [-0.3, -0.25) is 14.4 Å². The monoisotopic (exact) mass is 621 g/mol. The van der Waals surface area contributed by atoms with Crippen LogP contribution in [0.3, 0.4) is 0 Å². The van der Waals surface area contributed by atoms with Crippen LogP contribution >= 0.6 is 35.0 Å². The van der Waals surface area contributed by atoms with Crippen LogP contribution in [0.1, 0.15) is 72.6 Å². The molecule has 0 radical (unpaired) electrons. The molecule has 226 valence electrons. The molecule has 4 saturated carbocycles. The summed E-state index contributed by atoms with van der Waals surface area (Å²) in [5.74, 6) is 2.57. The zero-order valence-corrected chi connectivity index (χ0v) is 27.2. The van der Waals surface area contributed by atoms with Crippen molar-refractivity contribution in [3.05, 3.63) is 24.3 Å². The fraction of sp³-hybridized carbons (Fsp3) is 0.727. The third kappa shape index (κ3) is 5.71. The van der Waals surface area contributed by atoms with Crippen molar-refractivity contribution in [2.45, 2.75) is 88.9 Å². The molecule has 5 rings (SSSR count). The maximum atomic E-state index is 14.2. The first-order valence-electron chi connectivity index (χ1n) is 15.4. The van der Waals surface area contributed by atoms with Crippen molar-refractivity contribution in [3.63, 3.8) is 0 Å². The van der Waals surface area contributed by atoms with Gasteiger partial charge < -0.3 is 9.64 Å². The Hall–Kier alpha value is -1.24. The average molecular weight is 623 g/mol. The number of halogens is 2. The molecule has 0 N–H and O–H groups in total. The molecule has 0 aromatic heterocycles. The normalized spacial score (nSPS) is 38.0. The SMILES string of the molecule is CC(=O)O[C@H]1CC[C@@]2(C)[C@H](CC[C@@H]3[C@@H]2CC(=O)[C@@]2(C)[C@H]3C[C@@H](Sc3ccc(N(CCCl)CCCl)cc3)[C@@H]2C(C)=O)C1. The van der Waals surface area contributed by atoms with E-state index in [1.807, 2.05) is 0 Å². The van der Waals surface area contributed by atoms with Crippen molar-refractivity contribution in [1.29, 1.82) is 0 Å². The van der Waals surface area contributed by atoms with Gasteiger partial charge in [0, 0.05) is 65.4 Å². The maximum Gasteiger partial charge on any atom is 0.302 e. The second kappa shape index (κ2) is 12.4. The molecule has 0 saturated heterocycles. The smallest absolute Gasteiger partial charge is 0.302 e. The summed E-state index contributed by atoms with van der Waals surface area (Å²) >= 11 is 13.8. The van der Waals surface area contributed by atoms with Crippen LogP contribution in [0.25, 0.3) is 0 Å². The van der Waals surface area contributed by atoms with Crippen LogP contribution in [0, 0.1) is 40.4 Å². The largest absolute Gasteiger partial charge is 0.463 e. The lowest BCUT2D eigenvalue weighted by atomic mass is 9.44. The van der Waals surface area contributed by atoms with Gasteiger partial charge in [0.05, 0.1) is 0 Å². The lowest BCUT2D eigenvalue weighted by Gasteiger charge is -2.60. The Balaban J connectivity index is 1.37. The van der Waals surface area contributed by atoms with Crippen LogP contribution in [-0.4, -0.2) is 53.7 Å². The zero-order chi connectivity index (χ0) is 29.5. The number of ketones is 2. The third-order valence-electron chi connectivity index (χ3n) is 11.5. The van der Waals surface area contributed by atoms with Crippen molar-refractivity contribution in [3.8, 4) is 0 Å². The van der Waals surface area contributed by atoms with Crippen molar-refractivity contribution in [2.24, 2.45) is 40.4 Å². The molecule has 0 amide bonds. The molecule has 4 aliphatic rings. The number of Topliss-reactive ketones (excluding diaryl/α,β-unsaturated/α-hetero) is 2. The molecule has 1 aromatic carbocycles. The minimum absolute atomic E-state index is 0.00405. The lowest BCUT2D eigenvalue weighted by Crippen LogP contribution is -2.57. The number of nitrogens with zero attached hydrogens (tertiary/aromatic N) is 1. The molecule has 5 nitrogen and oxygen atoms in total. The van der Waals surface area contributed by atoms with Crippen LogP contribution in [0.15, 0.2) is 29.2 Å². The molecule has 41 heavy (non-hydrogen) atoms. The van der Waals surface area contributed by atoms with E-state index < -0.39 is 5.41 Å². The van der Waals surface area contributed by atoms with E-state index in [9.17, 15) is 14.4 Å². The molecule has 4 aliphatic carbocycles. The van der Waals surface area contributed by atoms with E-state index in [0.29, 0.717) is 41.7 Å². The van der Waals surface area contributed by atoms with Crippen LogP contribution in [0.5, 0.6) is 0 Å². The number of alkyl halides is 2. The molecule has 0 unspecified atom stereocenters. The van der Waals surface area contributed by atoms with Gasteiger partial charge in [0.25, 0.3) is 0 Å². The summed E-state index contributed by atoms with van der Waals surface area (Å²) < 4.78 is 5.62. The molecule has 0 aliphatic heterocycles. The van der Waals surface area contributed by atoms with E-state index in [-0.39, 0.29) is 40.4 Å². The standard InChI is InChI=1S/C33H45Cl2NO4S/c1-20(37)31-29(41-25-8-6-23(7-9-25)36(15-13-34)16-14-35)18-28-26-10-5-22-17-24(40-21(2)38)11-12-32(22,3)27(26)19-30(39)33(28,31)4/h6-9,22,24,26-29,31H,5,10-19H2,1-4H3/t22-,24+,26-,27+,28+,29-,31+,32+,33-/m1/s1. The summed E-state index contributed by atoms with van der Waals surface area (Å²) in [5, 5.41) is 0.0862. The summed E-state index contributed by atoms with van der Waals surface area (Å²) in [6.45, 7) is 9.19. The highest BCUT2D eigenvalue weighted by Gasteiger charge is 2.66. The van der Waals surface area contributed by atoms with Gasteiger partial charge in [0.1, 0.15) is 17.7 Å². The van der Waals surface area contributed by atoms with Crippen LogP contribution in [0.2, 0.25) is 0 Å². The average Bonchev–Trinajstić information content (AvgIpc) is 3.23. The van der Waals surface area contributed by atoms with Crippen LogP contribution in [-0.2, 0) is 19.1 Å².